The molecule has 3 aromatic heterocycles. The molecule has 0 radical (unpaired) electrons. The van der Waals surface area contributed by atoms with E-state index in [-0.39, 0.29) is 11.5 Å². The quantitative estimate of drug-likeness (QED) is 0.341. The van der Waals surface area contributed by atoms with Crippen molar-refractivity contribution >= 4 is 28.0 Å². The summed E-state index contributed by atoms with van der Waals surface area (Å²) >= 11 is 0.423. The fourth-order valence-corrected chi connectivity index (χ4v) is 4.14. The second-order valence-electron chi connectivity index (χ2n) is 8.90. The molecule has 3 heterocycles. The summed E-state index contributed by atoms with van der Waals surface area (Å²) in [6.45, 7) is 2.82. The largest absolute Gasteiger partial charge is 0.313 e. The Morgan fingerprint density at radius 3 is 2.65 bits per heavy atom. The van der Waals surface area contributed by atoms with Gasteiger partial charge >= 0.3 is 5.92 Å². The number of nitriles is 1. The van der Waals surface area contributed by atoms with Crippen molar-refractivity contribution in [2.45, 2.75) is 50.6 Å². The Labute approximate surface area is 217 Å². The van der Waals surface area contributed by atoms with Gasteiger partial charge in [-0.1, -0.05) is 12.1 Å². The molecule has 11 heteroatoms. The lowest BCUT2D eigenvalue weighted by Gasteiger charge is -2.15. The maximum Gasteiger partial charge on any atom is 0.313 e. The zero-order chi connectivity index (χ0) is 26.5. The summed E-state index contributed by atoms with van der Waals surface area (Å²) < 4.78 is 30.3. The van der Waals surface area contributed by atoms with Crippen molar-refractivity contribution in [3.63, 3.8) is 0 Å². The van der Waals surface area contributed by atoms with E-state index < -0.39 is 11.0 Å². The number of aromatic nitrogens is 5. The molecule has 4 aromatic rings. The first-order chi connectivity index (χ1) is 17.7. The number of hydrogen-bond acceptors (Lipinski definition) is 8. The first-order valence-corrected chi connectivity index (χ1v) is 12.4. The highest BCUT2D eigenvalue weighted by Crippen LogP contribution is 2.46. The molecule has 1 saturated carbocycles. The van der Waals surface area contributed by atoms with Gasteiger partial charge in [0.25, 0.3) is 5.12 Å². The van der Waals surface area contributed by atoms with E-state index in [0.717, 1.165) is 40.7 Å². The van der Waals surface area contributed by atoms with E-state index >= 15 is 0 Å². The van der Waals surface area contributed by atoms with Crippen molar-refractivity contribution in [2.75, 3.05) is 0 Å². The first-order valence-electron chi connectivity index (χ1n) is 11.6. The number of benzene rings is 1. The van der Waals surface area contributed by atoms with E-state index in [1.165, 1.54) is 0 Å². The molecule has 0 aliphatic heterocycles. The summed E-state index contributed by atoms with van der Waals surface area (Å²) in [6, 6.07) is 13.6. The molecule has 37 heavy (non-hydrogen) atoms. The van der Waals surface area contributed by atoms with Crippen LogP contribution >= 0.6 is 11.9 Å². The molecular weight excluding hydrogens is 496 g/mol. The van der Waals surface area contributed by atoms with Gasteiger partial charge in [-0.3, -0.25) is 29.2 Å². The maximum absolute atomic E-state index is 12.9. The van der Waals surface area contributed by atoms with Crippen LogP contribution < -0.4 is 4.72 Å². The molecule has 1 N–H and O–H groups in total. The van der Waals surface area contributed by atoms with E-state index in [1.807, 2.05) is 36.4 Å². The average molecular weight is 522 g/mol. The van der Waals surface area contributed by atoms with Crippen molar-refractivity contribution in [3.8, 4) is 17.3 Å². The number of carbonyl (C=O) groups excluding carboxylic acids is 1. The lowest BCUT2D eigenvalue weighted by Crippen LogP contribution is -2.31. The fourth-order valence-electron chi connectivity index (χ4n) is 3.58. The van der Waals surface area contributed by atoms with Crippen molar-refractivity contribution in [3.05, 3.63) is 73.1 Å². The van der Waals surface area contributed by atoms with Crippen LogP contribution in [0.15, 0.2) is 67.4 Å². The van der Waals surface area contributed by atoms with Gasteiger partial charge in [-0.2, -0.15) is 19.1 Å². The van der Waals surface area contributed by atoms with Gasteiger partial charge in [0, 0.05) is 54.5 Å². The lowest BCUT2D eigenvalue weighted by molar-refractivity contribution is -0.130. The van der Waals surface area contributed by atoms with Crippen LogP contribution in [-0.2, 0) is 16.8 Å². The number of hydrogen-bond donors (Lipinski definition) is 1. The third kappa shape index (κ3) is 6.53. The summed E-state index contributed by atoms with van der Waals surface area (Å²) in [5, 5.41) is 12.9. The van der Waals surface area contributed by atoms with Gasteiger partial charge in [0.15, 0.2) is 0 Å². The standard InChI is InChI=1S/C17H17F2N5OS.C9H8N2/c1-11(23-26-16(25)17(2,18)19)10-24-15-4-3-12(7-13(15)8-22-24)14-9-20-5-6-21-14;10-7-9(4-5-9)8-3-1-2-6-11-8/h3-9,11,23H,10H2,1-2H3;1-3,6H,4-5H2. The molecule has 0 saturated heterocycles. The lowest BCUT2D eigenvalue weighted by atomic mass is 10.0. The van der Waals surface area contributed by atoms with Gasteiger partial charge in [0.05, 0.1) is 47.3 Å². The summed E-state index contributed by atoms with van der Waals surface area (Å²) in [4.78, 5) is 23.8. The summed E-state index contributed by atoms with van der Waals surface area (Å²) in [6.07, 6.45) is 10.4. The van der Waals surface area contributed by atoms with Gasteiger partial charge in [0.2, 0.25) is 0 Å². The van der Waals surface area contributed by atoms with E-state index in [4.69, 9.17) is 5.26 Å². The smallest absolute Gasteiger partial charge is 0.279 e. The predicted octanol–water partition coefficient (Wildman–Crippen LogP) is 4.94. The number of halogens is 2. The molecule has 5 rings (SSSR count). The van der Waals surface area contributed by atoms with E-state index in [0.29, 0.717) is 25.4 Å². The molecule has 8 nitrogen and oxygen atoms in total. The zero-order valence-electron chi connectivity index (χ0n) is 20.3. The average Bonchev–Trinajstić information content (AvgIpc) is 3.63. The number of nitrogens with one attached hydrogen (secondary N) is 1. The van der Waals surface area contributed by atoms with Crippen LogP contribution in [0.5, 0.6) is 0 Å². The van der Waals surface area contributed by atoms with Crippen LogP contribution in [0.1, 0.15) is 32.4 Å². The second-order valence-corrected chi connectivity index (χ2v) is 9.71. The predicted molar refractivity (Wildman–Crippen MR) is 137 cm³/mol. The van der Waals surface area contributed by atoms with Gasteiger partial charge < -0.3 is 0 Å². The molecule has 1 fully saturated rings. The van der Waals surface area contributed by atoms with E-state index in [9.17, 15) is 13.6 Å². The number of alkyl halides is 2. The van der Waals surface area contributed by atoms with Crippen molar-refractivity contribution in [1.29, 1.82) is 5.26 Å². The molecule has 0 spiro atoms. The molecule has 0 amide bonds. The van der Waals surface area contributed by atoms with Crippen LogP contribution in [0.25, 0.3) is 22.2 Å². The van der Waals surface area contributed by atoms with Crippen molar-refractivity contribution in [2.24, 2.45) is 0 Å². The van der Waals surface area contributed by atoms with Crippen LogP contribution in [0.2, 0.25) is 0 Å². The minimum Gasteiger partial charge on any atom is -0.279 e. The minimum atomic E-state index is -3.35. The van der Waals surface area contributed by atoms with Crippen molar-refractivity contribution < 1.29 is 13.6 Å². The highest BCUT2D eigenvalue weighted by molar-refractivity contribution is 8.12. The highest BCUT2D eigenvalue weighted by atomic mass is 32.2. The van der Waals surface area contributed by atoms with Crippen LogP contribution in [-0.4, -0.2) is 41.8 Å². The Kier molecular flexibility index (Phi) is 7.90. The van der Waals surface area contributed by atoms with Crippen molar-refractivity contribution in [1.82, 2.24) is 29.5 Å². The topological polar surface area (TPSA) is 109 Å². The molecule has 1 aliphatic carbocycles. The van der Waals surface area contributed by atoms with Crippen LogP contribution in [0.3, 0.4) is 0 Å². The highest BCUT2D eigenvalue weighted by Gasteiger charge is 2.46. The van der Waals surface area contributed by atoms with E-state index in [1.54, 1.807) is 42.6 Å². The molecular formula is C26H25F2N7OS. The van der Waals surface area contributed by atoms with Gasteiger partial charge in [-0.25, -0.2) is 0 Å². The monoisotopic (exact) mass is 521 g/mol. The summed E-state index contributed by atoms with van der Waals surface area (Å²) in [5.74, 6) is -3.35. The Bertz CT molecular complexity index is 1400. The number of fused-ring (bicyclic) bond motifs is 1. The van der Waals surface area contributed by atoms with Crippen LogP contribution in [0.4, 0.5) is 8.78 Å². The summed E-state index contributed by atoms with van der Waals surface area (Å²) in [5.41, 5.74) is 3.32. The molecule has 1 atom stereocenters. The number of rotatable bonds is 7. The molecule has 0 bridgehead atoms. The van der Waals surface area contributed by atoms with Gasteiger partial charge in [-0.15, -0.1) is 0 Å². The summed E-state index contributed by atoms with van der Waals surface area (Å²) in [7, 11) is 0. The SMILES string of the molecule is CC(Cn1ncc2cc(-c3cnccn3)ccc21)NSC(=O)C(C)(F)F.N#CC1(c2ccccn2)CC1. The minimum absolute atomic E-state index is 0.221. The third-order valence-electron chi connectivity index (χ3n) is 5.78. The maximum atomic E-state index is 12.9. The molecule has 1 aliphatic rings. The Hall–Kier alpha value is -3.75. The Morgan fingerprint density at radius 2 is 2.03 bits per heavy atom. The fraction of sp³-hybridized carbons (Fsp3) is 0.308. The van der Waals surface area contributed by atoms with Gasteiger partial charge in [-0.05, 0) is 44.0 Å². The Balaban J connectivity index is 0.000000241. The zero-order valence-corrected chi connectivity index (χ0v) is 21.1. The normalized spacial score (nSPS) is 14.8. The number of nitrogens with zero attached hydrogens (tertiary/aromatic N) is 6. The first kappa shape index (κ1) is 26.3. The molecule has 190 valence electrons. The number of pyridine rings is 1. The van der Waals surface area contributed by atoms with Crippen LogP contribution in [0, 0.1) is 11.3 Å². The van der Waals surface area contributed by atoms with Gasteiger partial charge in [0.1, 0.15) is 0 Å². The van der Waals surface area contributed by atoms with E-state index in [2.05, 4.69) is 30.8 Å². The third-order valence-corrected chi connectivity index (χ3v) is 6.84. The Morgan fingerprint density at radius 1 is 1.22 bits per heavy atom. The number of carbonyl (C=O) groups is 1. The second kappa shape index (κ2) is 11.1. The molecule has 1 unspecified atom stereocenters. The molecule has 1 aromatic carbocycles.